The monoisotopic (exact) mass is 228 g/mol. The SMILES string of the molecule is COc1ccc2c(c1)[Se]CCC2. The van der Waals surface area contributed by atoms with Crippen molar-refractivity contribution >= 4 is 19.4 Å². The molecule has 0 saturated heterocycles. The number of hydrogen-bond donors (Lipinski definition) is 0. The van der Waals surface area contributed by atoms with E-state index in [1.807, 2.05) is 0 Å². The number of aryl methyl sites for hydroxylation is 1. The molecule has 0 unspecified atom stereocenters. The van der Waals surface area contributed by atoms with E-state index < -0.39 is 0 Å². The van der Waals surface area contributed by atoms with Gasteiger partial charge < -0.3 is 0 Å². The Labute approximate surface area is 79.3 Å². The Balaban J connectivity index is 2.36. The van der Waals surface area contributed by atoms with Crippen molar-refractivity contribution in [2.75, 3.05) is 7.11 Å². The Morgan fingerprint density at radius 3 is 3.17 bits per heavy atom. The molecule has 0 spiro atoms. The van der Waals surface area contributed by atoms with Crippen LogP contribution in [0, 0.1) is 0 Å². The topological polar surface area (TPSA) is 9.23 Å². The van der Waals surface area contributed by atoms with Crippen molar-refractivity contribution in [2.45, 2.75) is 18.2 Å². The Hall–Kier alpha value is -0.461. The fourth-order valence-corrected chi connectivity index (χ4v) is 3.68. The van der Waals surface area contributed by atoms with Crippen LogP contribution in [-0.2, 0) is 6.42 Å². The van der Waals surface area contributed by atoms with Crippen molar-refractivity contribution in [2.24, 2.45) is 0 Å². The van der Waals surface area contributed by atoms with E-state index in [2.05, 4.69) is 18.2 Å². The van der Waals surface area contributed by atoms with Gasteiger partial charge in [-0.2, -0.15) is 0 Å². The van der Waals surface area contributed by atoms with Crippen molar-refractivity contribution in [3.8, 4) is 5.75 Å². The van der Waals surface area contributed by atoms with E-state index in [0.717, 1.165) is 5.75 Å². The fourth-order valence-electron chi connectivity index (χ4n) is 1.45. The first-order valence-corrected chi connectivity index (χ1v) is 6.26. The van der Waals surface area contributed by atoms with Gasteiger partial charge in [0, 0.05) is 0 Å². The fraction of sp³-hybridized carbons (Fsp3) is 0.400. The summed E-state index contributed by atoms with van der Waals surface area (Å²) in [4.78, 5) is 0. The molecule has 0 fully saturated rings. The van der Waals surface area contributed by atoms with Crippen LogP contribution >= 0.6 is 0 Å². The second-order valence-corrected chi connectivity index (χ2v) is 5.31. The zero-order valence-corrected chi connectivity index (χ0v) is 8.88. The molecule has 1 aliphatic rings. The van der Waals surface area contributed by atoms with Crippen molar-refractivity contribution in [1.29, 1.82) is 0 Å². The maximum atomic E-state index is 5.19. The number of benzene rings is 1. The van der Waals surface area contributed by atoms with E-state index >= 15 is 0 Å². The minimum atomic E-state index is 0.697. The van der Waals surface area contributed by atoms with Gasteiger partial charge in [0.15, 0.2) is 0 Å². The normalized spacial score (nSPS) is 15.4. The summed E-state index contributed by atoms with van der Waals surface area (Å²) in [7, 11) is 1.73. The van der Waals surface area contributed by atoms with Gasteiger partial charge in [-0.05, 0) is 0 Å². The average Bonchev–Trinajstić information content (AvgIpc) is 2.17. The van der Waals surface area contributed by atoms with Gasteiger partial charge in [-0.15, -0.1) is 0 Å². The molecule has 12 heavy (non-hydrogen) atoms. The third kappa shape index (κ3) is 1.50. The molecule has 0 atom stereocenters. The Morgan fingerprint density at radius 2 is 2.33 bits per heavy atom. The number of fused-ring (bicyclic) bond motifs is 1. The second-order valence-electron chi connectivity index (χ2n) is 2.93. The molecule has 1 aromatic carbocycles. The standard InChI is InChI=1S/C10H12OSe/c1-11-9-5-4-8-3-2-6-12-10(8)7-9/h4-5,7H,2-3,6H2,1H3. The quantitative estimate of drug-likeness (QED) is 0.659. The summed E-state index contributed by atoms with van der Waals surface area (Å²) in [5.74, 6) is 1.01. The minimum absolute atomic E-state index is 0.697. The van der Waals surface area contributed by atoms with Crippen molar-refractivity contribution in [1.82, 2.24) is 0 Å². The molecule has 0 N–H and O–H groups in total. The van der Waals surface area contributed by atoms with Gasteiger partial charge in [-0.25, -0.2) is 0 Å². The van der Waals surface area contributed by atoms with Gasteiger partial charge in [0.05, 0.1) is 0 Å². The van der Waals surface area contributed by atoms with Crippen LogP contribution in [0.15, 0.2) is 18.2 Å². The van der Waals surface area contributed by atoms with E-state index in [4.69, 9.17) is 4.74 Å². The maximum absolute atomic E-state index is 5.19. The van der Waals surface area contributed by atoms with Gasteiger partial charge >= 0.3 is 78.9 Å². The summed E-state index contributed by atoms with van der Waals surface area (Å²) in [6.45, 7) is 0. The van der Waals surface area contributed by atoms with E-state index in [9.17, 15) is 0 Å². The Kier molecular flexibility index (Phi) is 2.38. The zero-order chi connectivity index (χ0) is 8.39. The van der Waals surface area contributed by atoms with Crippen LogP contribution in [0.5, 0.6) is 5.75 Å². The summed E-state index contributed by atoms with van der Waals surface area (Å²) in [6.07, 6.45) is 2.64. The average molecular weight is 227 g/mol. The van der Waals surface area contributed by atoms with Crippen molar-refractivity contribution in [3.63, 3.8) is 0 Å². The molecule has 64 valence electrons. The summed E-state index contributed by atoms with van der Waals surface area (Å²) in [5.41, 5.74) is 1.54. The van der Waals surface area contributed by atoms with Crippen LogP contribution in [0.3, 0.4) is 0 Å². The molecule has 0 bridgehead atoms. The van der Waals surface area contributed by atoms with Crippen LogP contribution in [0.2, 0.25) is 5.32 Å². The molecular formula is C10H12OSe. The summed E-state index contributed by atoms with van der Waals surface area (Å²) in [6, 6.07) is 6.49. The summed E-state index contributed by atoms with van der Waals surface area (Å²) < 4.78 is 6.74. The van der Waals surface area contributed by atoms with Crippen LogP contribution < -0.4 is 9.20 Å². The molecule has 0 radical (unpaired) electrons. The second kappa shape index (κ2) is 3.51. The van der Waals surface area contributed by atoms with Crippen LogP contribution in [0.4, 0.5) is 0 Å². The van der Waals surface area contributed by atoms with Crippen molar-refractivity contribution < 1.29 is 4.74 Å². The van der Waals surface area contributed by atoms with E-state index in [-0.39, 0.29) is 0 Å². The molecular weight excluding hydrogens is 215 g/mol. The van der Waals surface area contributed by atoms with Gasteiger partial charge in [0.1, 0.15) is 0 Å². The number of rotatable bonds is 1. The predicted molar refractivity (Wildman–Crippen MR) is 51.5 cm³/mol. The summed E-state index contributed by atoms with van der Waals surface area (Å²) >= 11 is 0.697. The third-order valence-corrected chi connectivity index (χ3v) is 4.61. The molecule has 0 saturated carbocycles. The Bertz CT molecular complexity index is 283. The first kappa shape index (κ1) is 8.15. The molecule has 2 heteroatoms. The van der Waals surface area contributed by atoms with Crippen LogP contribution in [-0.4, -0.2) is 22.1 Å². The molecule has 1 aliphatic heterocycles. The molecule has 1 aromatic rings. The Morgan fingerprint density at radius 1 is 1.42 bits per heavy atom. The van der Waals surface area contributed by atoms with Crippen molar-refractivity contribution in [3.05, 3.63) is 23.8 Å². The van der Waals surface area contributed by atoms with Gasteiger partial charge in [0.25, 0.3) is 0 Å². The van der Waals surface area contributed by atoms with Gasteiger partial charge in [0.2, 0.25) is 0 Å². The van der Waals surface area contributed by atoms with E-state index in [0.29, 0.717) is 15.0 Å². The molecule has 1 nitrogen and oxygen atoms in total. The zero-order valence-electron chi connectivity index (χ0n) is 7.17. The molecule has 2 rings (SSSR count). The summed E-state index contributed by atoms with van der Waals surface area (Å²) in [5, 5.41) is 1.40. The van der Waals surface area contributed by atoms with Gasteiger partial charge in [-0.3, -0.25) is 0 Å². The first-order chi connectivity index (χ1) is 5.90. The number of methoxy groups -OCH3 is 1. The van der Waals surface area contributed by atoms with E-state index in [1.165, 1.54) is 18.2 Å². The van der Waals surface area contributed by atoms with Crippen LogP contribution in [0.25, 0.3) is 0 Å². The number of ether oxygens (including phenoxy) is 1. The predicted octanol–water partition coefficient (Wildman–Crippen LogP) is 1.39. The van der Waals surface area contributed by atoms with Gasteiger partial charge in [-0.1, -0.05) is 0 Å². The van der Waals surface area contributed by atoms with Crippen LogP contribution in [0.1, 0.15) is 12.0 Å². The first-order valence-electron chi connectivity index (χ1n) is 4.20. The number of hydrogen-bond acceptors (Lipinski definition) is 1. The molecule has 0 aromatic heterocycles. The molecule has 0 amide bonds. The van der Waals surface area contributed by atoms with E-state index in [1.54, 1.807) is 17.1 Å². The molecule has 0 aliphatic carbocycles. The third-order valence-electron chi connectivity index (χ3n) is 2.12. The molecule has 1 heterocycles.